The highest BCUT2D eigenvalue weighted by Crippen LogP contribution is 2.20. The average molecular weight is 402 g/mol. The zero-order valence-electron chi connectivity index (χ0n) is 11.7. The maximum atomic E-state index is 12.0. The molecule has 1 saturated heterocycles. The van der Waals surface area contributed by atoms with Crippen molar-refractivity contribution in [3.63, 3.8) is 0 Å². The second-order valence-electron chi connectivity index (χ2n) is 5.23. The van der Waals surface area contributed by atoms with Gasteiger partial charge in [0.05, 0.1) is 11.3 Å². The number of benzene rings is 1. The third-order valence-electron chi connectivity index (χ3n) is 3.62. The average Bonchev–Trinajstić information content (AvgIpc) is 2.48. The maximum absolute atomic E-state index is 12.0. The van der Waals surface area contributed by atoms with Gasteiger partial charge in [-0.1, -0.05) is 6.42 Å². The predicted molar refractivity (Wildman–Crippen MR) is 89.6 cm³/mol. The van der Waals surface area contributed by atoms with E-state index in [1.165, 1.54) is 12.8 Å². The molecule has 114 valence electrons. The third kappa shape index (κ3) is 4.96. The van der Waals surface area contributed by atoms with Crippen LogP contribution in [-0.4, -0.2) is 29.6 Å². The van der Waals surface area contributed by atoms with E-state index < -0.39 is 5.97 Å². The van der Waals surface area contributed by atoms with Crippen molar-refractivity contribution in [1.29, 1.82) is 0 Å². The maximum Gasteiger partial charge on any atom is 0.337 e. The van der Waals surface area contributed by atoms with Crippen LogP contribution in [0.25, 0.3) is 0 Å². The first-order valence-electron chi connectivity index (χ1n) is 7.12. The summed E-state index contributed by atoms with van der Waals surface area (Å²) in [5.74, 6) is -1.16. The number of nitrogens with one attached hydrogen (secondary N) is 2. The summed E-state index contributed by atoms with van der Waals surface area (Å²) in [4.78, 5) is 23.2. The van der Waals surface area contributed by atoms with E-state index >= 15 is 0 Å². The number of carbonyl (C=O) groups excluding carboxylic acids is 1. The summed E-state index contributed by atoms with van der Waals surface area (Å²) < 4.78 is 0.828. The van der Waals surface area contributed by atoms with Crippen LogP contribution in [0.2, 0.25) is 0 Å². The van der Waals surface area contributed by atoms with Gasteiger partial charge in [0.1, 0.15) is 0 Å². The molecule has 1 fully saturated rings. The monoisotopic (exact) mass is 402 g/mol. The molecule has 6 heteroatoms. The molecule has 21 heavy (non-hydrogen) atoms. The molecule has 1 atom stereocenters. The van der Waals surface area contributed by atoms with Crippen LogP contribution >= 0.6 is 22.6 Å². The predicted octanol–water partition coefficient (Wildman–Crippen LogP) is 2.85. The first-order chi connectivity index (χ1) is 10.1. The quantitative estimate of drug-likeness (QED) is 0.662. The number of piperidine rings is 1. The Kier molecular flexibility index (Phi) is 5.98. The number of anilines is 1. The lowest BCUT2D eigenvalue weighted by Crippen LogP contribution is -2.34. The SMILES string of the molecule is O=C(CCC1CCCCN1)Nc1ccc(I)cc1C(=O)O. The van der Waals surface area contributed by atoms with Crippen molar-refractivity contribution in [2.45, 2.75) is 38.1 Å². The number of carbonyl (C=O) groups is 2. The Bertz CT molecular complexity index is 528. The van der Waals surface area contributed by atoms with E-state index in [9.17, 15) is 14.7 Å². The number of carboxylic acids is 1. The highest BCUT2D eigenvalue weighted by Gasteiger charge is 2.16. The molecular weight excluding hydrogens is 383 g/mol. The van der Waals surface area contributed by atoms with Gasteiger partial charge in [0.15, 0.2) is 0 Å². The summed E-state index contributed by atoms with van der Waals surface area (Å²) in [5.41, 5.74) is 0.496. The number of hydrogen-bond donors (Lipinski definition) is 3. The smallest absolute Gasteiger partial charge is 0.337 e. The van der Waals surface area contributed by atoms with Gasteiger partial charge in [-0.3, -0.25) is 4.79 Å². The van der Waals surface area contributed by atoms with Gasteiger partial charge in [-0.2, -0.15) is 0 Å². The number of amides is 1. The molecule has 0 radical (unpaired) electrons. The van der Waals surface area contributed by atoms with Gasteiger partial charge in [0.25, 0.3) is 0 Å². The van der Waals surface area contributed by atoms with Gasteiger partial charge >= 0.3 is 5.97 Å². The Morgan fingerprint density at radius 1 is 1.38 bits per heavy atom. The molecule has 1 aliphatic heterocycles. The van der Waals surface area contributed by atoms with Crippen molar-refractivity contribution in [1.82, 2.24) is 5.32 Å². The van der Waals surface area contributed by atoms with Crippen LogP contribution in [0.4, 0.5) is 5.69 Å². The van der Waals surface area contributed by atoms with E-state index in [1.807, 2.05) is 0 Å². The first kappa shape index (κ1) is 16.2. The second kappa shape index (κ2) is 7.74. The van der Waals surface area contributed by atoms with Gasteiger partial charge in [-0.05, 0) is 66.6 Å². The molecule has 1 heterocycles. The minimum atomic E-state index is -1.03. The zero-order chi connectivity index (χ0) is 15.2. The van der Waals surface area contributed by atoms with E-state index in [0.717, 1.165) is 23.0 Å². The number of hydrogen-bond acceptors (Lipinski definition) is 3. The molecule has 0 aliphatic carbocycles. The molecule has 0 bridgehead atoms. The summed E-state index contributed by atoms with van der Waals surface area (Å²) in [6, 6.07) is 5.38. The lowest BCUT2D eigenvalue weighted by Gasteiger charge is -2.23. The topological polar surface area (TPSA) is 78.4 Å². The van der Waals surface area contributed by atoms with E-state index in [4.69, 9.17) is 0 Å². The lowest BCUT2D eigenvalue weighted by atomic mass is 10.0. The second-order valence-corrected chi connectivity index (χ2v) is 6.47. The van der Waals surface area contributed by atoms with Gasteiger partial charge in [-0.25, -0.2) is 4.79 Å². The summed E-state index contributed by atoms with van der Waals surface area (Å²) in [6.45, 7) is 1.02. The normalized spacial score (nSPS) is 18.2. The van der Waals surface area contributed by atoms with E-state index in [0.29, 0.717) is 18.2 Å². The molecular formula is C15H19IN2O3. The van der Waals surface area contributed by atoms with Crippen molar-refractivity contribution in [3.05, 3.63) is 27.3 Å². The van der Waals surface area contributed by atoms with Gasteiger partial charge in [-0.15, -0.1) is 0 Å². The van der Waals surface area contributed by atoms with Gasteiger partial charge in [0.2, 0.25) is 5.91 Å². The van der Waals surface area contributed by atoms with Crippen LogP contribution in [-0.2, 0) is 4.79 Å². The van der Waals surface area contributed by atoms with Crippen LogP contribution in [0.5, 0.6) is 0 Å². The summed E-state index contributed by atoms with van der Waals surface area (Å²) in [5, 5.41) is 15.3. The zero-order valence-corrected chi connectivity index (χ0v) is 13.9. The number of halogens is 1. The van der Waals surface area contributed by atoms with E-state index in [-0.39, 0.29) is 11.5 Å². The Balaban J connectivity index is 1.91. The molecule has 2 rings (SSSR count). The van der Waals surface area contributed by atoms with E-state index in [1.54, 1.807) is 18.2 Å². The van der Waals surface area contributed by atoms with Crippen LogP contribution in [0.15, 0.2) is 18.2 Å². The molecule has 1 amide bonds. The van der Waals surface area contributed by atoms with Crippen molar-refractivity contribution in [2.75, 3.05) is 11.9 Å². The number of rotatable bonds is 5. The van der Waals surface area contributed by atoms with Gasteiger partial charge < -0.3 is 15.7 Å². The third-order valence-corrected chi connectivity index (χ3v) is 4.29. The van der Waals surface area contributed by atoms with Crippen molar-refractivity contribution >= 4 is 40.2 Å². The van der Waals surface area contributed by atoms with Crippen LogP contribution in [0.1, 0.15) is 42.5 Å². The largest absolute Gasteiger partial charge is 0.478 e. The Morgan fingerprint density at radius 2 is 2.19 bits per heavy atom. The lowest BCUT2D eigenvalue weighted by molar-refractivity contribution is -0.116. The standard InChI is InChI=1S/C15H19IN2O3/c16-10-4-6-13(12(9-10)15(20)21)18-14(19)7-5-11-3-1-2-8-17-11/h4,6,9,11,17H,1-3,5,7-8H2,(H,18,19)(H,20,21). The fourth-order valence-corrected chi connectivity index (χ4v) is 2.98. The van der Waals surface area contributed by atoms with Crippen molar-refractivity contribution in [3.8, 4) is 0 Å². The minimum Gasteiger partial charge on any atom is -0.478 e. The number of aromatic carboxylic acids is 1. The van der Waals surface area contributed by atoms with Gasteiger partial charge in [0, 0.05) is 16.0 Å². The van der Waals surface area contributed by atoms with Crippen molar-refractivity contribution in [2.24, 2.45) is 0 Å². The summed E-state index contributed by atoms with van der Waals surface area (Å²) in [7, 11) is 0. The summed E-state index contributed by atoms with van der Waals surface area (Å²) >= 11 is 2.05. The molecule has 1 unspecified atom stereocenters. The molecule has 3 N–H and O–H groups in total. The highest BCUT2D eigenvalue weighted by molar-refractivity contribution is 14.1. The molecule has 0 aromatic heterocycles. The van der Waals surface area contributed by atoms with E-state index in [2.05, 4.69) is 33.2 Å². The molecule has 5 nitrogen and oxygen atoms in total. The Hall–Kier alpha value is -1.15. The molecule has 0 spiro atoms. The summed E-state index contributed by atoms with van der Waals surface area (Å²) in [6.07, 6.45) is 4.71. The number of carboxylic acid groups (broad SMARTS) is 1. The first-order valence-corrected chi connectivity index (χ1v) is 8.20. The fourth-order valence-electron chi connectivity index (χ4n) is 2.49. The molecule has 1 aliphatic rings. The molecule has 0 saturated carbocycles. The Morgan fingerprint density at radius 3 is 2.86 bits per heavy atom. The Labute approximate surface area is 137 Å². The van der Waals surface area contributed by atoms with Crippen LogP contribution in [0.3, 0.4) is 0 Å². The van der Waals surface area contributed by atoms with Crippen molar-refractivity contribution < 1.29 is 14.7 Å². The molecule has 1 aromatic rings. The van der Waals surface area contributed by atoms with Crippen LogP contribution < -0.4 is 10.6 Å². The minimum absolute atomic E-state index is 0.131. The van der Waals surface area contributed by atoms with Crippen LogP contribution in [0, 0.1) is 3.57 Å². The highest BCUT2D eigenvalue weighted by atomic mass is 127. The fraction of sp³-hybridized carbons (Fsp3) is 0.467. The molecule has 1 aromatic carbocycles.